The molecule has 0 aliphatic carbocycles. The number of nitrogens with two attached hydrogens (primary N) is 1. The van der Waals surface area contributed by atoms with Gasteiger partial charge in [0.1, 0.15) is 5.69 Å². The van der Waals surface area contributed by atoms with Crippen LogP contribution in [0.2, 0.25) is 0 Å². The third-order valence-electron chi connectivity index (χ3n) is 3.02. The average molecular weight is 251 g/mol. The van der Waals surface area contributed by atoms with Crippen LogP contribution in [0.1, 0.15) is 32.8 Å². The molecule has 0 saturated carbocycles. The molecule has 0 aliphatic heterocycles. The number of nitrogens with one attached hydrogen (secondary N) is 1. The monoisotopic (exact) mass is 251 g/mol. The van der Waals surface area contributed by atoms with Crippen LogP contribution in [0.3, 0.4) is 0 Å². The van der Waals surface area contributed by atoms with E-state index in [2.05, 4.69) is 5.32 Å². The average Bonchev–Trinajstić information content (AvgIpc) is 2.28. The van der Waals surface area contributed by atoms with Gasteiger partial charge in [0.05, 0.1) is 10.5 Å². The quantitative estimate of drug-likeness (QED) is 0.485. The van der Waals surface area contributed by atoms with Gasteiger partial charge in [0.2, 0.25) is 5.91 Å². The third-order valence-corrected chi connectivity index (χ3v) is 3.02. The minimum absolute atomic E-state index is 0.116. The first kappa shape index (κ1) is 14.0. The maximum atomic E-state index is 11.2. The van der Waals surface area contributed by atoms with Crippen LogP contribution in [0.5, 0.6) is 0 Å². The van der Waals surface area contributed by atoms with E-state index in [1.165, 1.54) is 19.1 Å². The fraction of sp³-hybridized carbons (Fsp3) is 0.417. The van der Waals surface area contributed by atoms with Crippen LogP contribution in [0, 0.1) is 10.1 Å². The lowest BCUT2D eigenvalue weighted by atomic mass is 9.88. The van der Waals surface area contributed by atoms with Gasteiger partial charge in [-0.25, -0.2) is 0 Å². The number of nitro benzene ring substituents is 1. The highest BCUT2D eigenvalue weighted by atomic mass is 16.6. The Bertz CT molecular complexity index is 487. The first-order chi connectivity index (χ1) is 8.30. The molecule has 0 heterocycles. The van der Waals surface area contributed by atoms with Gasteiger partial charge in [-0.3, -0.25) is 14.9 Å². The summed E-state index contributed by atoms with van der Waals surface area (Å²) >= 11 is 0. The van der Waals surface area contributed by atoms with E-state index in [1.807, 2.05) is 13.8 Å². The third kappa shape index (κ3) is 2.77. The summed E-state index contributed by atoms with van der Waals surface area (Å²) in [5.74, 6) is -0.182. The van der Waals surface area contributed by atoms with Crippen molar-refractivity contribution in [3.05, 3.63) is 33.9 Å². The summed E-state index contributed by atoms with van der Waals surface area (Å²) in [5.41, 5.74) is 5.55. The van der Waals surface area contributed by atoms with Crippen LogP contribution in [0.25, 0.3) is 0 Å². The molecule has 98 valence electrons. The number of amides is 1. The van der Waals surface area contributed by atoms with Crippen molar-refractivity contribution in [2.24, 2.45) is 0 Å². The Morgan fingerprint density at radius 3 is 2.61 bits per heavy atom. The number of carbonyl (C=O) groups is 1. The number of rotatable bonds is 4. The molecule has 1 aromatic rings. The number of nitro groups is 1. The van der Waals surface area contributed by atoms with Crippen molar-refractivity contribution in [1.29, 1.82) is 0 Å². The smallest absolute Gasteiger partial charge is 0.292 e. The molecule has 1 atom stereocenters. The lowest BCUT2D eigenvalue weighted by Crippen LogP contribution is -2.41. The molecule has 6 heteroatoms. The molecule has 0 aromatic heterocycles. The molecule has 0 bridgehead atoms. The first-order valence-corrected chi connectivity index (χ1v) is 5.63. The highest BCUT2D eigenvalue weighted by Crippen LogP contribution is 2.30. The van der Waals surface area contributed by atoms with Gasteiger partial charge in [-0.05, 0) is 25.0 Å². The normalized spacial score (nSPS) is 13.7. The standard InChI is InChI=1S/C12H17N3O3/c1-4-12(3,14-8(2)16)9-5-6-10(13)11(7-9)15(17)18/h5-7H,4,13H2,1-3H3,(H,14,16). The van der Waals surface area contributed by atoms with E-state index in [1.54, 1.807) is 6.07 Å². The Morgan fingerprint density at radius 1 is 1.56 bits per heavy atom. The number of carbonyl (C=O) groups excluding carboxylic acids is 1. The maximum Gasteiger partial charge on any atom is 0.292 e. The van der Waals surface area contributed by atoms with Crippen LogP contribution < -0.4 is 11.1 Å². The molecule has 18 heavy (non-hydrogen) atoms. The van der Waals surface area contributed by atoms with Crippen LogP contribution >= 0.6 is 0 Å². The van der Waals surface area contributed by atoms with Crippen LogP contribution in [0.4, 0.5) is 11.4 Å². The van der Waals surface area contributed by atoms with E-state index < -0.39 is 10.5 Å². The molecule has 3 N–H and O–H groups in total. The molecular weight excluding hydrogens is 234 g/mol. The predicted molar refractivity (Wildman–Crippen MR) is 69.0 cm³/mol. The van der Waals surface area contributed by atoms with E-state index in [4.69, 9.17) is 5.73 Å². The summed E-state index contributed by atoms with van der Waals surface area (Å²) in [4.78, 5) is 21.5. The Kier molecular flexibility index (Phi) is 3.90. The topological polar surface area (TPSA) is 98.3 Å². The van der Waals surface area contributed by atoms with Crippen molar-refractivity contribution in [3.63, 3.8) is 0 Å². The van der Waals surface area contributed by atoms with Crippen molar-refractivity contribution >= 4 is 17.3 Å². The molecule has 0 aliphatic rings. The van der Waals surface area contributed by atoms with Gasteiger partial charge in [0, 0.05) is 13.0 Å². The molecule has 0 radical (unpaired) electrons. The second-order valence-electron chi connectivity index (χ2n) is 4.40. The zero-order chi connectivity index (χ0) is 13.9. The second-order valence-corrected chi connectivity index (χ2v) is 4.40. The number of benzene rings is 1. The fourth-order valence-corrected chi connectivity index (χ4v) is 1.80. The van der Waals surface area contributed by atoms with Gasteiger partial charge >= 0.3 is 0 Å². The summed E-state index contributed by atoms with van der Waals surface area (Å²) in [6, 6.07) is 4.60. The summed E-state index contributed by atoms with van der Waals surface area (Å²) < 4.78 is 0. The predicted octanol–water partition coefficient (Wildman–Crippen LogP) is 1.94. The van der Waals surface area contributed by atoms with Crippen LogP contribution in [0.15, 0.2) is 18.2 Å². The maximum absolute atomic E-state index is 11.2. The van der Waals surface area contributed by atoms with E-state index in [9.17, 15) is 14.9 Å². The molecule has 1 rings (SSSR count). The number of nitrogen functional groups attached to an aromatic ring is 1. The molecular formula is C12H17N3O3. The van der Waals surface area contributed by atoms with E-state index >= 15 is 0 Å². The van der Waals surface area contributed by atoms with Crippen molar-refractivity contribution < 1.29 is 9.72 Å². The fourth-order valence-electron chi connectivity index (χ4n) is 1.80. The highest BCUT2D eigenvalue weighted by molar-refractivity contribution is 5.74. The van der Waals surface area contributed by atoms with Crippen LogP contribution in [-0.2, 0) is 10.3 Å². The molecule has 0 fully saturated rings. The largest absolute Gasteiger partial charge is 0.393 e. The SMILES string of the molecule is CCC(C)(NC(C)=O)c1ccc(N)c([N+](=O)[O-])c1. The zero-order valence-electron chi connectivity index (χ0n) is 10.7. The molecule has 0 spiro atoms. The summed E-state index contributed by atoms with van der Waals surface area (Å²) in [7, 11) is 0. The molecule has 1 aromatic carbocycles. The number of hydrogen-bond donors (Lipinski definition) is 2. The molecule has 6 nitrogen and oxygen atoms in total. The zero-order valence-corrected chi connectivity index (χ0v) is 10.7. The lowest BCUT2D eigenvalue weighted by Gasteiger charge is -2.29. The number of nitrogens with zero attached hydrogens (tertiary/aromatic N) is 1. The first-order valence-electron chi connectivity index (χ1n) is 5.63. The number of hydrogen-bond acceptors (Lipinski definition) is 4. The van der Waals surface area contributed by atoms with Crippen molar-refractivity contribution in [2.75, 3.05) is 5.73 Å². The summed E-state index contributed by atoms with van der Waals surface area (Å²) in [6.45, 7) is 5.14. The van der Waals surface area contributed by atoms with Gasteiger partial charge in [-0.2, -0.15) is 0 Å². The Balaban J connectivity index is 3.26. The lowest BCUT2D eigenvalue weighted by molar-refractivity contribution is -0.384. The van der Waals surface area contributed by atoms with Gasteiger partial charge in [0.25, 0.3) is 5.69 Å². The van der Waals surface area contributed by atoms with E-state index in [0.29, 0.717) is 12.0 Å². The minimum atomic E-state index is -0.635. The summed E-state index contributed by atoms with van der Waals surface area (Å²) in [5, 5.41) is 13.7. The number of anilines is 1. The van der Waals surface area contributed by atoms with Crippen molar-refractivity contribution in [2.45, 2.75) is 32.7 Å². The Morgan fingerprint density at radius 2 is 2.17 bits per heavy atom. The second kappa shape index (κ2) is 5.03. The van der Waals surface area contributed by atoms with Gasteiger partial charge in [-0.1, -0.05) is 13.0 Å². The van der Waals surface area contributed by atoms with E-state index in [0.717, 1.165) is 0 Å². The van der Waals surface area contributed by atoms with E-state index in [-0.39, 0.29) is 17.3 Å². The summed E-state index contributed by atoms with van der Waals surface area (Å²) in [6.07, 6.45) is 0.619. The van der Waals surface area contributed by atoms with Gasteiger partial charge < -0.3 is 11.1 Å². The molecule has 1 amide bonds. The minimum Gasteiger partial charge on any atom is -0.393 e. The highest BCUT2D eigenvalue weighted by Gasteiger charge is 2.27. The Hall–Kier alpha value is -2.11. The van der Waals surface area contributed by atoms with Crippen molar-refractivity contribution in [3.8, 4) is 0 Å². The molecule has 0 saturated heterocycles. The van der Waals surface area contributed by atoms with Crippen LogP contribution in [-0.4, -0.2) is 10.8 Å². The Labute approximate surface area is 105 Å². The molecule has 1 unspecified atom stereocenters. The van der Waals surface area contributed by atoms with Gasteiger partial charge in [0.15, 0.2) is 0 Å². The van der Waals surface area contributed by atoms with Gasteiger partial charge in [-0.15, -0.1) is 0 Å². The van der Waals surface area contributed by atoms with Crippen molar-refractivity contribution in [1.82, 2.24) is 5.32 Å².